The van der Waals surface area contributed by atoms with Crippen LogP contribution in [-0.4, -0.2) is 39.0 Å². The van der Waals surface area contributed by atoms with E-state index in [2.05, 4.69) is 0 Å². The van der Waals surface area contributed by atoms with Gasteiger partial charge in [-0.25, -0.2) is 8.42 Å². The molecule has 1 aliphatic rings. The molecule has 2 atom stereocenters. The van der Waals surface area contributed by atoms with Gasteiger partial charge in [-0.15, -0.1) is 0 Å². The summed E-state index contributed by atoms with van der Waals surface area (Å²) < 4.78 is 38.7. The summed E-state index contributed by atoms with van der Waals surface area (Å²) in [6.07, 6.45) is -0.374. The maximum Gasteiger partial charge on any atom is 0.244 e. The van der Waals surface area contributed by atoms with Crippen molar-refractivity contribution in [2.24, 2.45) is 0 Å². The number of ether oxygens (including phenoxy) is 2. The van der Waals surface area contributed by atoms with E-state index in [-0.39, 0.29) is 35.8 Å². The highest BCUT2D eigenvalue weighted by Gasteiger charge is 2.37. The van der Waals surface area contributed by atoms with E-state index in [1.165, 1.54) is 16.4 Å². The third kappa shape index (κ3) is 3.44. The van der Waals surface area contributed by atoms with Crippen LogP contribution in [0.3, 0.4) is 0 Å². The number of hydrogen-bond acceptors (Lipinski definition) is 5. The lowest BCUT2D eigenvalue weighted by Gasteiger charge is -2.37. The minimum atomic E-state index is -3.80. The molecular formula is C19H20N2O4S. The zero-order chi connectivity index (χ0) is 18.7. The summed E-state index contributed by atoms with van der Waals surface area (Å²) in [4.78, 5) is 0.0322. The van der Waals surface area contributed by atoms with Crippen LogP contribution in [0, 0.1) is 11.3 Å². The quantitative estimate of drug-likeness (QED) is 0.824. The van der Waals surface area contributed by atoms with Gasteiger partial charge < -0.3 is 9.47 Å². The van der Waals surface area contributed by atoms with Gasteiger partial charge in [-0.05, 0) is 36.8 Å². The summed E-state index contributed by atoms with van der Waals surface area (Å²) in [6, 6.07) is 15.3. The van der Waals surface area contributed by atoms with E-state index >= 15 is 0 Å². The molecule has 1 saturated heterocycles. The van der Waals surface area contributed by atoms with E-state index < -0.39 is 10.0 Å². The molecule has 2 aromatic rings. The fourth-order valence-corrected chi connectivity index (χ4v) is 4.76. The first-order chi connectivity index (χ1) is 12.5. The molecule has 0 spiro atoms. The molecule has 1 aliphatic heterocycles. The molecule has 2 aromatic carbocycles. The highest BCUT2D eigenvalue weighted by Crippen LogP contribution is 2.31. The van der Waals surface area contributed by atoms with Crippen molar-refractivity contribution in [2.45, 2.75) is 24.0 Å². The number of methoxy groups -OCH3 is 1. The lowest BCUT2D eigenvalue weighted by atomic mass is 10.1. The normalized spacial score (nSPS) is 21.1. The summed E-state index contributed by atoms with van der Waals surface area (Å²) in [5.74, 6) is 0.727. The van der Waals surface area contributed by atoms with Crippen molar-refractivity contribution in [3.63, 3.8) is 0 Å². The van der Waals surface area contributed by atoms with E-state index in [0.717, 1.165) is 11.3 Å². The number of nitrogens with zero attached hydrogens (tertiary/aromatic N) is 2. The molecule has 0 saturated carbocycles. The van der Waals surface area contributed by atoms with Gasteiger partial charge in [0.05, 0.1) is 30.3 Å². The predicted molar refractivity (Wildman–Crippen MR) is 96.2 cm³/mol. The van der Waals surface area contributed by atoms with E-state index in [9.17, 15) is 13.7 Å². The third-order valence-corrected chi connectivity index (χ3v) is 6.50. The van der Waals surface area contributed by atoms with Crippen molar-refractivity contribution < 1.29 is 17.9 Å². The Morgan fingerprint density at radius 2 is 1.88 bits per heavy atom. The van der Waals surface area contributed by atoms with Gasteiger partial charge in [-0.2, -0.15) is 9.57 Å². The first kappa shape index (κ1) is 18.4. The third-order valence-electron chi connectivity index (χ3n) is 4.46. The van der Waals surface area contributed by atoms with Gasteiger partial charge in [0, 0.05) is 12.6 Å². The maximum atomic E-state index is 13.2. The second kappa shape index (κ2) is 7.46. The number of benzene rings is 2. The number of sulfonamides is 1. The molecule has 3 rings (SSSR count). The summed E-state index contributed by atoms with van der Waals surface area (Å²) in [7, 11) is -2.21. The minimum Gasteiger partial charge on any atom is -0.497 e. The van der Waals surface area contributed by atoms with Crippen LogP contribution in [0.5, 0.6) is 5.75 Å². The van der Waals surface area contributed by atoms with Crippen molar-refractivity contribution in [3.8, 4) is 11.8 Å². The number of morpholine rings is 1. The molecule has 0 amide bonds. The topological polar surface area (TPSA) is 79.6 Å². The zero-order valence-electron chi connectivity index (χ0n) is 14.6. The average molecular weight is 372 g/mol. The fourth-order valence-electron chi connectivity index (χ4n) is 3.00. The molecule has 0 radical (unpaired) electrons. The SMILES string of the molecule is COc1ccc(C2CN(S(=O)(=O)c3ccccc3C#N)C(C)CO2)cc1. The van der Waals surface area contributed by atoms with E-state index in [1.54, 1.807) is 26.2 Å². The molecule has 0 bridgehead atoms. The van der Waals surface area contributed by atoms with Crippen LogP contribution in [0.15, 0.2) is 53.4 Å². The average Bonchev–Trinajstić information content (AvgIpc) is 2.68. The fraction of sp³-hybridized carbons (Fsp3) is 0.316. The molecule has 0 aliphatic carbocycles. The molecule has 6 nitrogen and oxygen atoms in total. The molecule has 1 fully saturated rings. The molecule has 0 N–H and O–H groups in total. The second-order valence-corrected chi connectivity index (χ2v) is 7.99. The Morgan fingerprint density at radius 3 is 2.54 bits per heavy atom. The van der Waals surface area contributed by atoms with E-state index in [0.29, 0.717) is 0 Å². The molecule has 0 aromatic heterocycles. The smallest absolute Gasteiger partial charge is 0.244 e. The summed E-state index contributed by atoms with van der Waals surface area (Å²) in [5.41, 5.74) is 1.03. The largest absolute Gasteiger partial charge is 0.497 e. The van der Waals surface area contributed by atoms with Crippen LogP contribution in [0.1, 0.15) is 24.2 Å². The first-order valence-corrected chi connectivity index (χ1v) is 9.68. The lowest BCUT2D eigenvalue weighted by molar-refractivity contribution is -0.0288. The Kier molecular flexibility index (Phi) is 5.28. The molecule has 26 heavy (non-hydrogen) atoms. The Bertz CT molecular complexity index is 919. The second-order valence-electron chi connectivity index (χ2n) is 6.13. The zero-order valence-corrected chi connectivity index (χ0v) is 15.4. The van der Waals surface area contributed by atoms with Gasteiger partial charge in [0.15, 0.2) is 0 Å². The van der Waals surface area contributed by atoms with Gasteiger partial charge >= 0.3 is 0 Å². The molecule has 136 valence electrons. The lowest BCUT2D eigenvalue weighted by Crippen LogP contribution is -2.48. The number of hydrogen-bond donors (Lipinski definition) is 0. The van der Waals surface area contributed by atoms with Crippen LogP contribution < -0.4 is 4.74 Å². The summed E-state index contributed by atoms with van der Waals surface area (Å²) in [6.45, 7) is 2.27. The highest BCUT2D eigenvalue weighted by atomic mass is 32.2. The first-order valence-electron chi connectivity index (χ1n) is 8.24. The van der Waals surface area contributed by atoms with Gasteiger partial charge in [-0.1, -0.05) is 24.3 Å². The molecular weight excluding hydrogens is 352 g/mol. The van der Waals surface area contributed by atoms with Gasteiger partial charge in [0.1, 0.15) is 11.8 Å². The van der Waals surface area contributed by atoms with Crippen LogP contribution >= 0.6 is 0 Å². The molecule has 1 heterocycles. The Balaban J connectivity index is 1.91. The summed E-state index contributed by atoms with van der Waals surface area (Å²) in [5, 5.41) is 9.26. The molecule has 7 heteroatoms. The van der Waals surface area contributed by atoms with Crippen LogP contribution in [0.25, 0.3) is 0 Å². The van der Waals surface area contributed by atoms with E-state index in [4.69, 9.17) is 9.47 Å². The van der Waals surface area contributed by atoms with Crippen LogP contribution in [0.2, 0.25) is 0 Å². The predicted octanol–water partition coefficient (Wildman–Crippen LogP) is 2.72. The molecule has 2 unspecified atom stereocenters. The van der Waals surface area contributed by atoms with Gasteiger partial charge in [0.2, 0.25) is 10.0 Å². The maximum absolute atomic E-state index is 13.2. The highest BCUT2D eigenvalue weighted by molar-refractivity contribution is 7.89. The van der Waals surface area contributed by atoms with Crippen LogP contribution in [-0.2, 0) is 14.8 Å². The number of rotatable bonds is 4. The Labute approximate surface area is 153 Å². The van der Waals surface area contributed by atoms with Gasteiger partial charge in [-0.3, -0.25) is 0 Å². The number of nitriles is 1. The van der Waals surface area contributed by atoms with Crippen molar-refractivity contribution in [2.75, 3.05) is 20.3 Å². The van der Waals surface area contributed by atoms with Crippen molar-refractivity contribution in [1.29, 1.82) is 5.26 Å². The van der Waals surface area contributed by atoms with Crippen molar-refractivity contribution in [1.82, 2.24) is 4.31 Å². The minimum absolute atomic E-state index is 0.0322. The van der Waals surface area contributed by atoms with Crippen LogP contribution in [0.4, 0.5) is 0 Å². The standard InChI is InChI=1S/C19H20N2O4S/c1-14-13-25-18(15-7-9-17(24-2)10-8-15)12-21(14)26(22,23)19-6-4-3-5-16(19)11-20/h3-10,14,18H,12-13H2,1-2H3. The Hall–Kier alpha value is -2.40. The van der Waals surface area contributed by atoms with Gasteiger partial charge in [0.25, 0.3) is 0 Å². The van der Waals surface area contributed by atoms with Crippen molar-refractivity contribution >= 4 is 10.0 Å². The monoisotopic (exact) mass is 372 g/mol. The Morgan fingerprint density at radius 1 is 1.19 bits per heavy atom. The summed E-state index contributed by atoms with van der Waals surface area (Å²) >= 11 is 0. The van der Waals surface area contributed by atoms with Crippen molar-refractivity contribution in [3.05, 3.63) is 59.7 Å². The van der Waals surface area contributed by atoms with E-state index in [1.807, 2.05) is 30.3 Å².